The zero-order valence-corrected chi connectivity index (χ0v) is 38.6. The van der Waals surface area contributed by atoms with Crippen molar-refractivity contribution in [3.8, 4) is 96.3 Å². The molecular weight excluding hydrogens is 900 g/mol. The lowest BCUT2D eigenvalue weighted by molar-refractivity contribution is -0.137. The fourth-order valence-electron chi connectivity index (χ4n) is 9.35. The third-order valence-corrected chi connectivity index (χ3v) is 12.8. The van der Waals surface area contributed by atoms with Crippen LogP contribution in [-0.4, -0.2) is 34.5 Å². The van der Waals surface area contributed by atoms with E-state index in [1.807, 2.05) is 183 Å². The summed E-state index contributed by atoms with van der Waals surface area (Å²) in [4.78, 5) is 30.2. The second-order valence-corrected chi connectivity index (χ2v) is 17.5. The van der Waals surface area contributed by atoms with Crippen LogP contribution in [0.3, 0.4) is 0 Å². The van der Waals surface area contributed by atoms with Crippen LogP contribution in [-0.2, 0) is 6.18 Å². The van der Waals surface area contributed by atoms with Crippen LogP contribution in [0.4, 0.5) is 13.2 Å². The second-order valence-electron chi connectivity index (χ2n) is 17.5. The summed E-state index contributed by atoms with van der Waals surface area (Å²) in [6.07, 6.45) is -4.60. The smallest absolute Gasteiger partial charge is 0.308 e. The minimum atomic E-state index is -4.60. The van der Waals surface area contributed by atoms with Gasteiger partial charge in [0.05, 0.1) is 22.3 Å². The van der Waals surface area contributed by atoms with E-state index in [9.17, 15) is 13.2 Å². The molecule has 0 amide bonds. The van der Waals surface area contributed by atoms with Crippen LogP contribution in [0.5, 0.6) is 0 Å². The number of benzene rings is 9. The topological polar surface area (TPSA) is 82.3 Å². The first kappa shape index (κ1) is 43.8. The lowest BCUT2D eigenvalue weighted by Gasteiger charge is -2.22. The lowest BCUT2D eigenvalue weighted by Crippen LogP contribution is -2.06. The van der Waals surface area contributed by atoms with Gasteiger partial charge < -0.3 is 4.57 Å². The minimum Gasteiger partial charge on any atom is -0.308 e. The molecule has 0 N–H and O–H groups in total. The SMILES string of the molecule is Cc1cccc(-c2cc(-c3nc(-c4ccccc4)nc(-c4ccccc4)n3)cc(-c3cccc(C(F)(F)F)c3)c2-n2c3ccccc3c3cc(-c4nc(-c5ccccc5)nc(-c5ccccc5)n4)ccc32)c1. The third-order valence-electron chi connectivity index (χ3n) is 12.8. The van der Waals surface area contributed by atoms with E-state index in [2.05, 4.69) is 28.8 Å². The molecule has 7 nitrogen and oxygen atoms in total. The minimum absolute atomic E-state index is 0.366. The van der Waals surface area contributed by atoms with E-state index in [-0.39, 0.29) is 0 Å². The molecule has 10 heteroatoms. The van der Waals surface area contributed by atoms with Crippen molar-refractivity contribution in [3.05, 3.63) is 236 Å². The summed E-state index contributed by atoms with van der Waals surface area (Å²) in [5.74, 6) is 2.87. The van der Waals surface area contributed by atoms with Gasteiger partial charge in [0.1, 0.15) is 0 Å². The fraction of sp³-hybridized carbons (Fsp3) is 0.0323. The molecule has 3 aromatic heterocycles. The Morgan fingerprint density at radius 3 is 1.21 bits per heavy atom. The molecule has 0 unspecified atom stereocenters. The highest BCUT2D eigenvalue weighted by atomic mass is 19.4. The molecule has 12 aromatic rings. The number of hydrogen-bond acceptors (Lipinski definition) is 6. The van der Waals surface area contributed by atoms with Gasteiger partial charge in [-0.25, -0.2) is 29.9 Å². The molecule has 0 atom stereocenters. The van der Waals surface area contributed by atoms with Crippen LogP contribution < -0.4 is 0 Å². The molecule has 0 aliphatic heterocycles. The molecular formula is C62H40F3N7. The molecule has 0 aliphatic carbocycles. The Bertz CT molecular complexity index is 3860. The maximum absolute atomic E-state index is 14.8. The highest BCUT2D eigenvalue weighted by molar-refractivity contribution is 6.12. The highest BCUT2D eigenvalue weighted by Gasteiger charge is 2.31. The number of aromatic nitrogens is 7. The van der Waals surface area contributed by atoms with Crippen molar-refractivity contribution < 1.29 is 13.2 Å². The van der Waals surface area contributed by atoms with E-state index in [0.29, 0.717) is 57.3 Å². The van der Waals surface area contributed by atoms with Crippen molar-refractivity contribution in [2.75, 3.05) is 0 Å². The molecule has 12 rings (SSSR count). The summed E-state index contributed by atoms with van der Waals surface area (Å²) in [7, 11) is 0. The van der Waals surface area contributed by atoms with Crippen LogP contribution in [0, 0.1) is 6.92 Å². The predicted octanol–water partition coefficient (Wildman–Crippen LogP) is 15.8. The van der Waals surface area contributed by atoms with E-state index >= 15 is 0 Å². The first-order valence-corrected chi connectivity index (χ1v) is 23.4. The zero-order chi connectivity index (χ0) is 48.8. The average Bonchev–Trinajstić information content (AvgIpc) is 3.76. The number of nitrogens with zero attached hydrogens (tertiary/aromatic N) is 7. The Hall–Kier alpha value is -9.41. The van der Waals surface area contributed by atoms with Crippen molar-refractivity contribution in [1.29, 1.82) is 0 Å². The van der Waals surface area contributed by atoms with Crippen molar-refractivity contribution in [2.24, 2.45) is 0 Å². The Labute approximate surface area is 412 Å². The monoisotopic (exact) mass is 939 g/mol. The van der Waals surface area contributed by atoms with Crippen LogP contribution in [0.25, 0.3) is 118 Å². The molecule has 72 heavy (non-hydrogen) atoms. The summed E-state index contributed by atoms with van der Waals surface area (Å²) in [6.45, 7) is 2.03. The first-order valence-electron chi connectivity index (χ1n) is 23.4. The quantitative estimate of drug-likeness (QED) is 0.143. The Morgan fingerprint density at radius 2 is 0.722 bits per heavy atom. The number of aryl methyl sites for hydroxylation is 1. The van der Waals surface area contributed by atoms with Gasteiger partial charge in [0.25, 0.3) is 0 Å². The maximum atomic E-state index is 14.8. The van der Waals surface area contributed by atoms with E-state index in [0.717, 1.165) is 72.4 Å². The number of alkyl halides is 3. The van der Waals surface area contributed by atoms with Gasteiger partial charge in [0.15, 0.2) is 34.9 Å². The predicted molar refractivity (Wildman–Crippen MR) is 281 cm³/mol. The van der Waals surface area contributed by atoms with Crippen molar-refractivity contribution in [3.63, 3.8) is 0 Å². The van der Waals surface area contributed by atoms with Crippen molar-refractivity contribution >= 4 is 21.8 Å². The molecule has 0 bridgehead atoms. The second kappa shape index (κ2) is 18.2. The average molecular weight is 940 g/mol. The van der Waals surface area contributed by atoms with Crippen LogP contribution in [0.2, 0.25) is 0 Å². The van der Waals surface area contributed by atoms with E-state index in [1.165, 1.54) is 12.1 Å². The molecule has 9 aromatic carbocycles. The fourth-order valence-corrected chi connectivity index (χ4v) is 9.35. The summed E-state index contributed by atoms with van der Waals surface area (Å²) in [5, 5.41) is 1.83. The zero-order valence-electron chi connectivity index (χ0n) is 38.6. The van der Waals surface area contributed by atoms with Gasteiger partial charge in [-0.1, -0.05) is 181 Å². The number of fused-ring (bicyclic) bond motifs is 3. The first-order chi connectivity index (χ1) is 35.2. The van der Waals surface area contributed by atoms with Gasteiger partial charge in [-0.15, -0.1) is 0 Å². The molecule has 0 saturated carbocycles. The molecule has 0 fully saturated rings. The van der Waals surface area contributed by atoms with Crippen molar-refractivity contribution in [1.82, 2.24) is 34.5 Å². The van der Waals surface area contributed by atoms with E-state index < -0.39 is 11.7 Å². The number of para-hydroxylation sites is 1. The normalized spacial score (nSPS) is 11.6. The van der Waals surface area contributed by atoms with Gasteiger partial charge in [0, 0.05) is 55.3 Å². The molecule has 0 radical (unpaired) electrons. The Kier molecular flexibility index (Phi) is 11.1. The number of rotatable bonds is 9. The summed E-state index contributed by atoms with van der Waals surface area (Å²) in [5.41, 5.74) is 9.80. The molecule has 0 aliphatic rings. The molecule has 3 heterocycles. The maximum Gasteiger partial charge on any atom is 0.416 e. The Morgan fingerprint density at radius 1 is 0.319 bits per heavy atom. The number of hydrogen-bond donors (Lipinski definition) is 0. The van der Waals surface area contributed by atoms with Gasteiger partial charge in [-0.05, 0) is 66.6 Å². The van der Waals surface area contributed by atoms with Crippen LogP contribution in [0.15, 0.2) is 224 Å². The standard InChI is InChI=1S/C62H40F3N7/c1-39-18-16-27-44(34-39)50-37-47(61-70-58(42-23-10-4-11-24-42)67-59(71-61)43-25-12-5-13-26-43)38-51(45-28-17-29-48(35-45)62(63,64)65)55(50)72-53-31-15-14-30-49(53)52-36-46(32-33-54(52)72)60-68-56(40-19-6-2-7-20-40)66-57(69-60)41-21-8-3-9-22-41/h2-38H,1H3. The number of halogens is 3. The molecule has 344 valence electrons. The highest BCUT2D eigenvalue weighted by Crippen LogP contribution is 2.45. The summed E-state index contributed by atoms with van der Waals surface area (Å²) < 4.78 is 46.5. The van der Waals surface area contributed by atoms with Gasteiger partial charge in [-0.3, -0.25) is 0 Å². The summed E-state index contributed by atoms with van der Waals surface area (Å²) in [6, 6.07) is 70.9. The largest absolute Gasteiger partial charge is 0.416 e. The molecule has 0 spiro atoms. The van der Waals surface area contributed by atoms with E-state index in [1.54, 1.807) is 6.07 Å². The van der Waals surface area contributed by atoms with E-state index in [4.69, 9.17) is 29.9 Å². The Balaban J connectivity index is 1.15. The van der Waals surface area contributed by atoms with Crippen molar-refractivity contribution in [2.45, 2.75) is 13.1 Å². The summed E-state index contributed by atoms with van der Waals surface area (Å²) >= 11 is 0. The third kappa shape index (κ3) is 8.34. The van der Waals surface area contributed by atoms with Gasteiger partial charge in [-0.2, -0.15) is 13.2 Å². The van der Waals surface area contributed by atoms with Crippen LogP contribution in [0.1, 0.15) is 11.1 Å². The van der Waals surface area contributed by atoms with Crippen LogP contribution >= 0.6 is 0 Å². The van der Waals surface area contributed by atoms with Gasteiger partial charge in [0.2, 0.25) is 0 Å². The molecule has 0 saturated heterocycles. The lowest BCUT2D eigenvalue weighted by atomic mass is 9.91. The van der Waals surface area contributed by atoms with Gasteiger partial charge >= 0.3 is 6.18 Å².